The molecule has 26 heavy (non-hydrogen) atoms. The van der Waals surface area contributed by atoms with Gasteiger partial charge in [0.25, 0.3) is 5.91 Å². The van der Waals surface area contributed by atoms with E-state index in [0.29, 0.717) is 6.54 Å². The molecule has 0 unspecified atom stereocenters. The van der Waals surface area contributed by atoms with Gasteiger partial charge in [-0.1, -0.05) is 6.42 Å². The standard InChI is InChI=1S/C18H27N5OS2/c1-13-14-16(19-6-10-23-8-4-3-5-9-23)21-12-22-18(14)26-15(13)17(24)20-7-11-25-2/h12H,3-11H2,1-2H3,(H,20,24)(H,19,21,22). The Balaban J connectivity index is 1.69. The van der Waals surface area contributed by atoms with Crippen LogP contribution in [-0.4, -0.2) is 65.5 Å². The number of amides is 1. The van der Waals surface area contributed by atoms with E-state index < -0.39 is 0 Å². The van der Waals surface area contributed by atoms with E-state index in [1.165, 1.54) is 43.7 Å². The highest BCUT2D eigenvalue weighted by Crippen LogP contribution is 2.33. The van der Waals surface area contributed by atoms with Crippen molar-refractivity contribution in [1.29, 1.82) is 0 Å². The molecule has 1 aliphatic heterocycles. The SMILES string of the molecule is CSCCNC(=O)c1sc2ncnc(NCCN3CCCCC3)c2c1C. The van der Waals surface area contributed by atoms with Crippen molar-refractivity contribution in [2.45, 2.75) is 26.2 Å². The summed E-state index contributed by atoms with van der Waals surface area (Å²) < 4.78 is 0. The van der Waals surface area contributed by atoms with Gasteiger partial charge in [0.05, 0.1) is 10.3 Å². The van der Waals surface area contributed by atoms with Crippen LogP contribution in [0, 0.1) is 6.92 Å². The van der Waals surface area contributed by atoms with Gasteiger partial charge in [0.2, 0.25) is 0 Å². The lowest BCUT2D eigenvalue weighted by molar-refractivity contribution is 0.0960. The number of aryl methyl sites for hydroxylation is 1. The Hall–Kier alpha value is -1.38. The predicted octanol–water partition coefficient (Wildman–Crippen LogP) is 2.99. The van der Waals surface area contributed by atoms with E-state index in [2.05, 4.69) is 25.5 Å². The van der Waals surface area contributed by atoms with Gasteiger partial charge in [0, 0.05) is 25.4 Å². The number of hydrogen-bond donors (Lipinski definition) is 2. The monoisotopic (exact) mass is 393 g/mol. The lowest BCUT2D eigenvalue weighted by Gasteiger charge is -2.26. The van der Waals surface area contributed by atoms with Gasteiger partial charge in [0.15, 0.2) is 0 Å². The second-order valence-corrected chi connectivity index (χ2v) is 8.52. The highest BCUT2D eigenvalue weighted by molar-refractivity contribution is 7.98. The number of aromatic nitrogens is 2. The van der Waals surface area contributed by atoms with E-state index in [9.17, 15) is 4.79 Å². The molecule has 3 heterocycles. The predicted molar refractivity (Wildman–Crippen MR) is 112 cm³/mol. The third kappa shape index (κ3) is 4.66. The van der Waals surface area contributed by atoms with Crippen LogP contribution in [0.3, 0.4) is 0 Å². The summed E-state index contributed by atoms with van der Waals surface area (Å²) in [6.07, 6.45) is 7.57. The topological polar surface area (TPSA) is 70.1 Å². The van der Waals surface area contributed by atoms with E-state index in [1.54, 1.807) is 18.1 Å². The van der Waals surface area contributed by atoms with Crippen LogP contribution < -0.4 is 10.6 Å². The first-order valence-corrected chi connectivity index (χ1v) is 11.4. The number of thioether (sulfide) groups is 1. The number of carbonyl (C=O) groups is 1. The van der Waals surface area contributed by atoms with Crippen molar-refractivity contribution in [3.8, 4) is 0 Å². The molecule has 2 aromatic rings. The van der Waals surface area contributed by atoms with Crippen molar-refractivity contribution in [3.63, 3.8) is 0 Å². The molecule has 0 radical (unpaired) electrons. The molecule has 0 aromatic carbocycles. The molecule has 1 fully saturated rings. The maximum atomic E-state index is 12.5. The molecular weight excluding hydrogens is 366 g/mol. The van der Waals surface area contributed by atoms with Crippen molar-refractivity contribution < 1.29 is 4.79 Å². The summed E-state index contributed by atoms with van der Waals surface area (Å²) in [7, 11) is 0. The van der Waals surface area contributed by atoms with Crippen molar-refractivity contribution >= 4 is 45.0 Å². The molecule has 2 aromatic heterocycles. The number of nitrogens with zero attached hydrogens (tertiary/aromatic N) is 3. The van der Waals surface area contributed by atoms with Gasteiger partial charge < -0.3 is 15.5 Å². The molecule has 8 heteroatoms. The van der Waals surface area contributed by atoms with E-state index in [0.717, 1.165) is 45.3 Å². The number of hydrogen-bond acceptors (Lipinski definition) is 7. The summed E-state index contributed by atoms with van der Waals surface area (Å²) in [5.74, 6) is 1.74. The highest BCUT2D eigenvalue weighted by Gasteiger charge is 2.19. The zero-order valence-electron chi connectivity index (χ0n) is 15.5. The minimum atomic E-state index is -0.0150. The zero-order valence-corrected chi connectivity index (χ0v) is 17.1. The Kier molecular flexibility index (Phi) is 7.10. The van der Waals surface area contributed by atoms with Crippen LogP contribution in [0.1, 0.15) is 34.5 Å². The quantitative estimate of drug-likeness (QED) is 0.672. The molecule has 0 aliphatic carbocycles. The molecule has 2 N–H and O–H groups in total. The molecule has 6 nitrogen and oxygen atoms in total. The molecule has 1 aliphatic rings. The lowest BCUT2D eigenvalue weighted by Crippen LogP contribution is -2.33. The number of nitrogens with one attached hydrogen (secondary N) is 2. The number of piperidine rings is 1. The van der Waals surface area contributed by atoms with Gasteiger partial charge in [-0.25, -0.2) is 9.97 Å². The summed E-state index contributed by atoms with van der Waals surface area (Å²) in [6, 6.07) is 0. The van der Waals surface area contributed by atoms with Gasteiger partial charge in [-0.15, -0.1) is 11.3 Å². The Morgan fingerprint density at radius 2 is 2.08 bits per heavy atom. The largest absolute Gasteiger partial charge is 0.368 e. The molecule has 3 rings (SSSR count). The number of anilines is 1. The molecule has 0 saturated carbocycles. The van der Waals surface area contributed by atoms with Crippen LogP contribution in [0.2, 0.25) is 0 Å². The molecule has 1 saturated heterocycles. The summed E-state index contributed by atoms with van der Waals surface area (Å²) in [5.41, 5.74) is 0.965. The highest BCUT2D eigenvalue weighted by atomic mass is 32.2. The second kappa shape index (κ2) is 9.53. The van der Waals surface area contributed by atoms with Gasteiger partial charge in [-0.05, 0) is 44.7 Å². The lowest BCUT2D eigenvalue weighted by atomic mass is 10.1. The van der Waals surface area contributed by atoms with Crippen molar-refractivity contribution in [2.24, 2.45) is 0 Å². The third-order valence-electron chi connectivity index (χ3n) is 4.69. The Morgan fingerprint density at radius 3 is 2.85 bits per heavy atom. The molecular formula is C18H27N5OS2. The smallest absolute Gasteiger partial charge is 0.261 e. The maximum absolute atomic E-state index is 12.5. The van der Waals surface area contributed by atoms with Gasteiger partial charge in [-0.2, -0.15) is 11.8 Å². The summed E-state index contributed by atoms with van der Waals surface area (Å²) >= 11 is 3.17. The van der Waals surface area contributed by atoms with Crippen LogP contribution in [0.15, 0.2) is 6.33 Å². The van der Waals surface area contributed by atoms with Gasteiger partial charge in [0.1, 0.15) is 17.0 Å². The molecule has 142 valence electrons. The van der Waals surface area contributed by atoms with Crippen LogP contribution in [0.25, 0.3) is 10.2 Å². The fraction of sp³-hybridized carbons (Fsp3) is 0.611. The number of rotatable bonds is 8. The van der Waals surface area contributed by atoms with Gasteiger partial charge in [-0.3, -0.25) is 4.79 Å². The second-order valence-electron chi connectivity index (χ2n) is 6.54. The van der Waals surface area contributed by atoms with Crippen LogP contribution in [-0.2, 0) is 0 Å². The van der Waals surface area contributed by atoms with Crippen LogP contribution in [0.4, 0.5) is 5.82 Å². The van der Waals surface area contributed by atoms with Gasteiger partial charge >= 0.3 is 0 Å². The fourth-order valence-electron chi connectivity index (χ4n) is 3.28. The average Bonchev–Trinajstić information content (AvgIpc) is 3.00. The minimum absolute atomic E-state index is 0.0150. The number of fused-ring (bicyclic) bond motifs is 1. The fourth-order valence-corrected chi connectivity index (χ4v) is 4.66. The van der Waals surface area contributed by atoms with E-state index in [4.69, 9.17) is 0 Å². The summed E-state index contributed by atoms with van der Waals surface area (Å²) in [4.78, 5) is 25.4. The minimum Gasteiger partial charge on any atom is -0.368 e. The zero-order chi connectivity index (χ0) is 18.4. The number of carbonyl (C=O) groups excluding carboxylic acids is 1. The van der Waals surface area contributed by atoms with Crippen molar-refractivity contribution in [2.75, 3.05) is 50.0 Å². The third-order valence-corrected chi connectivity index (χ3v) is 6.50. The maximum Gasteiger partial charge on any atom is 0.261 e. The number of likely N-dealkylation sites (tertiary alicyclic amines) is 1. The van der Waals surface area contributed by atoms with Crippen molar-refractivity contribution in [1.82, 2.24) is 20.2 Å². The van der Waals surface area contributed by atoms with Crippen molar-refractivity contribution in [3.05, 3.63) is 16.8 Å². The van der Waals surface area contributed by atoms with E-state index >= 15 is 0 Å². The Labute approximate surface area is 163 Å². The first-order chi connectivity index (χ1) is 12.7. The first kappa shape index (κ1) is 19.4. The normalized spacial score (nSPS) is 15.3. The summed E-state index contributed by atoms with van der Waals surface area (Å²) in [5, 5.41) is 7.42. The summed E-state index contributed by atoms with van der Waals surface area (Å²) in [6.45, 7) is 6.94. The van der Waals surface area contributed by atoms with Crippen LogP contribution >= 0.6 is 23.1 Å². The average molecular weight is 394 g/mol. The molecule has 0 spiro atoms. The molecule has 1 amide bonds. The molecule has 0 atom stereocenters. The van der Waals surface area contributed by atoms with E-state index in [-0.39, 0.29) is 5.91 Å². The van der Waals surface area contributed by atoms with E-state index in [1.807, 2.05) is 13.2 Å². The molecule has 0 bridgehead atoms. The Bertz CT molecular complexity index is 743. The Morgan fingerprint density at radius 1 is 1.27 bits per heavy atom. The van der Waals surface area contributed by atoms with Crippen LogP contribution in [0.5, 0.6) is 0 Å². The number of thiophene rings is 1. The first-order valence-electron chi connectivity index (χ1n) is 9.18.